The van der Waals surface area contributed by atoms with Crippen molar-refractivity contribution >= 4 is 25.5 Å². The first kappa shape index (κ1) is 23.5. The van der Waals surface area contributed by atoms with Gasteiger partial charge in [0.1, 0.15) is 5.82 Å². The predicted molar refractivity (Wildman–Crippen MR) is 115 cm³/mol. The Kier molecular flexibility index (Phi) is 6.72. The molecular formula is C21H19FN2O6S2. The maximum atomic E-state index is 13.1. The molecule has 0 aliphatic rings. The van der Waals surface area contributed by atoms with Crippen LogP contribution in [0.1, 0.15) is 11.1 Å². The molecule has 0 saturated carbocycles. The molecule has 3 aromatic carbocycles. The fraction of sp³-hybridized carbons (Fsp3) is 0.143. The molecule has 0 spiro atoms. The molecule has 3 rings (SSSR count). The third kappa shape index (κ3) is 5.18. The molecule has 8 nitrogen and oxygen atoms in total. The molecule has 0 aliphatic carbocycles. The van der Waals surface area contributed by atoms with Crippen molar-refractivity contribution in [1.29, 1.82) is 0 Å². The second kappa shape index (κ2) is 9.15. The van der Waals surface area contributed by atoms with Crippen molar-refractivity contribution in [2.75, 3.05) is 6.54 Å². The van der Waals surface area contributed by atoms with Crippen LogP contribution in [-0.4, -0.2) is 28.3 Å². The molecule has 168 valence electrons. The zero-order valence-electron chi connectivity index (χ0n) is 16.9. The first-order valence-corrected chi connectivity index (χ1v) is 12.3. The van der Waals surface area contributed by atoms with E-state index in [1.54, 1.807) is 6.92 Å². The number of nitro groups is 1. The molecular weight excluding hydrogens is 459 g/mol. The second-order valence-electron chi connectivity index (χ2n) is 6.96. The Bertz CT molecular complexity index is 1350. The minimum Gasteiger partial charge on any atom is -0.258 e. The number of aryl methyl sites for hydroxylation is 1. The number of halogens is 1. The van der Waals surface area contributed by atoms with Gasteiger partial charge in [-0.1, -0.05) is 18.2 Å². The molecule has 0 aromatic heterocycles. The fourth-order valence-corrected chi connectivity index (χ4v) is 5.64. The van der Waals surface area contributed by atoms with Gasteiger partial charge in [-0.15, -0.1) is 0 Å². The van der Waals surface area contributed by atoms with E-state index >= 15 is 0 Å². The van der Waals surface area contributed by atoms with Crippen molar-refractivity contribution in [1.82, 2.24) is 4.72 Å². The lowest BCUT2D eigenvalue weighted by Gasteiger charge is -2.12. The average molecular weight is 479 g/mol. The highest BCUT2D eigenvalue weighted by molar-refractivity contribution is 7.91. The lowest BCUT2D eigenvalue weighted by Crippen LogP contribution is -2.27. The van der Waals surface area contributed by atoms with E-state index in [9.17, 15) is 31.3 Å². The number of sulfonamides is 1. The van der Waals surface area contributed by atoms with Crippen LogP contribution in [0.2, 0.25) is 0 Å². The quantitative estimate of drug-likeness (QED) is 0.301. The van der Waals surface area contributed by atoms with Gasteiger partial charge < -0.3 is 0 Å². The Morgan fingerprint density at radius 3 is 2.09 bits per heavy atom. The number of benzene rings is 3. The molecule has 0 fully saturated rings. The van der Waals surface area contributed by atoms with Crippen LogP contribution in [0.3, 0.4) is 0 Å². The van der Waals surface area contributed by atoms with E-state index in [0.717, 1.165) is 30.3 Å². The van der Waals surface area contributed by atoms with Crippen molar-refractivity contribution in [3.8, 4) is 0 Å². The zero-order valence-corrected chi connectivity index (χ0v) is 18.5. The number of hydrogen-bond donors (Lipinski definition) is 1. The standard InChI is InChI=1S/C21H19FN2O6S2/c1-15-2-9-20(31(27,28)19-10-5-17(22)6-11-19)14-21(15)32(29,30)23-13-12-16-3-7-18(8-4-16)24(25)26/h2-11,14,23H,12-13H2,1H3. The normalized spacial score (nSPS) is 11.9. The third-order valence-electron chi connectivity index (χ3n) is 4.74. The van der Waals surface area contributed by atoms with Crippen LogP contribution in [0.4, 0.5) is 10.1 Å². The summed E-state index contributed by atoms with van der Waals surface area (Å²) in [5, 5.41) is 10.7. The summed E-state index contributed by atoms with van der Waals surface area (Å²) in [5.74, 6) is -0.589. The summed E-state index contributed by atoms with van der Waals surface area (Å²) in [6, 6.07) is 13.7. The first-order chi connectivity index (χ1) is 15.0. The molecule has 0 aliphatic heterocycles. The number of rotatable bonds is 8. The summed E-state index contributed by atoms with van der Waals surface area (Å²) in [5.41, 5.74) is 0.984. The fourth-order valence-electron chi connectivity index (χ4n) is 2.98. The van der Waals surface area contributed by atoms with Crippen molar-refractivity contribution in [2.24, 2.45) is 0 Å². The van der Waals surface area contributed by atoms with Crippen LogP contribution in [0, 0.1) is 22.9 Å². The van der Waals surface area contributed by atoms with Gasteiger partial charge in [0, 0.05) is 18.7 Å². The maximum absolute atomic E-state index is 13.1. The largest absolute Gasteiger partial charge is 0.269 e. The monoisotopic (exact) mass is 478 g/mol. The zero-order chi connectivity index (χ0) is 23.5. The van der Waals surface area contributed by atoms with E-state index in [0.29, 0.717) is 11.1 Å². The first-order valence-electron chi connectivity index (χ1n) is 9.35. The molecule has 0 radical (unpaired) electrons. The topological polar surface area (TPSA) is 123 Å². The maximum Gasteiger partial charge on any atom is 0.269 e. The molecule has 0 unspecified atom stereocenters. The third-order valence-corrected chi connectivity index (χ3v) is 8.11. The number of nitrogens with zero attached hydrogens (tertiary/aromatic N) is 1. The lowest BCUT2D eigenvalue weighted by atomic mass is 10.1. The number of nitro benzene ring substituents is 1. The predicted octanol–water partition coefficient (Wildman–Crippen LogP) is 3.40. The minimum atomic E-state index is -4.04. The molecule has 0 bridgehead atoms. The Morgan fingerprint density at radius 1 is 0.906 bits per heavy atom. The Hall–Kier alpha value is -3.15. The van der Waals surface area contributed by atoms with Crippen molar-refractivity contribution in [2.45, 2.75) is 28.0 Å². The van der Waals surface area contributed by atoms with Crippen molar-refractivity contribution in [3.63, 3.8) is 0 Å². The Morgan fingerprint density at radius 2 is 1.50 bits per heavy atom. The summed E-state index contributed by atoms with van der Waals surface area (Å²) >= 11 is 0. The number of hydrogen-bond acceptors (Lipinski definition) is 6. The summed E-state index contributed by atoms with van der Waals surface area (Å²) in [6.45, 7) is 1.55. The van der Waals surface area contributed by atoms with Gasteiger partial charge in [0.25, 0.3) is 5.69 Å². The molecule has 3 aromatic rings. The summed E-state index contributed by atoms with van der Waals surface area (Å²) < 4.78 is 66.8. The van der Waals surface area contributed by atoms with Crippen LogP contribution in [0.5, 0.6) is 0 Å². The van der Waals surface area contributed by atoms with E-state index in [2.05, 4.69) is 4.72 Å². The summed E-state index contributed by atoms with van der Waals surface area (Å²) in [6.07, 6.45) is 0.282. The van der Waals surface area contributed by atoms with E-state index in [4.69, 9.17) is 0 Å². The molecule has 0 amide bonds. The van der Waals surface area contributed by atoms with Crippen molar-refractivity contribution < 1.29 is 26.1 Å². The van der Waals surface area contributed by atoms with Gasteiger partial charge in [-0.2, -0.15) is 0 Å². The van der Waals surface area contributed by atoms with E-state index in [-0.39, 0.29) is 33.3 Å². The van der Waals surface area contributed by atoms with Gasteiger partial charge in [0.15, 0.2) is 0 Å². The summed E-state index contributed by atoms with van der Waals surface area (Å²) in [7, 11) is -8.08. The SMILES string of the molecule is Cc1ccc(S(=O)(=O)c2ccc(F)cc2)cc1S(=O)(=O)NCCc1ccc([N+](=O)[O-])cc1. The van der Waals surface area contributed by atoms with E-state index in [1.807, 2.05) is 0 Å². The molecule has 0 saturated heterocycles. The van der Waals surface area contributed by atoms with E-state index < -0.39 is 30.6 Å². The van der Waals surface area contributed by atoms with Gasteiger partial charge >= 0.3 is 0 Å². The number of non-ortho nitro benzene ring substituents is 1. The van der Waals surface area contributed by atoms with Crippen molar-refractivity contribution in [3.05, 3.63) is 93.8 Å². The lowest BCUT2D eigenvalue weighted by molar-refractivity contribution is -0.384. The average Bonchev–Trinajstić information content (AvgIpc) is 2.74. The van der Waals surface area contributed by atoms with Gasteiger partial charge in [-0.3, -0.25) is 10.1 Å². The highest BCUT2D eigenvalue weighted by Crippen LogP contribution is 2.25. The summed E-state index contributed by atoms with van der Waals surface area (Å²) in [4.78, 5) is 9.60. The van der Waals surface area contributed by atoms with Crippen LogP contribution in [0.15, 0.2) is 81.4 Å². The van der Waals surface area contributed by atoms with E-state index in [1.165, 1.54) is 36.4 Å². The van der Waals surface area contributed by atoms with Gasteiger partial charge in [-0.05, 0) is 60.9 Å². The minimum absolute atomic E-state index is 0.00846. The molecule has 0 heterocycles. The number of nitrogens with one attached hydrogen (secondary N) is 1. The number of sulfone groups is 1. The molecule has 1 N–H and O–H groups in total. The second-order valence-corrected chi connectivity index (χ2v) is 10.6. The van der Waals surface area contributed by atoms with Crippen LogP contribution >= 0.6 is 0 Å². The smallest absolute Gasteiger partial charge is 0.258 e. The molecule has 11 heteroatoms. The Balaban J connectivity index is 1.80. The van der Waals surface area contributed by atoms with Gasteiger partial charge in [-0.25, -0.2) is 25.9 Å². The highest BCUT2D eigenvalue weighted by Gasteiger charge is 2.23. The van der Waals surface area contributed by atoms with Gasteiger partial charge in [0.2, 0.25) is 19.9 Å². The highest BCUT2D eigenvalue weighted by atomic mass is 32.2. The molecule has 0 atom stereocenters. The Labute approximate surface area is 184 Å². The molecule has 32 heavy (non-hydrogen) atoms. The van der Waals surface area contributed by atoms with Crippen LogP contribution < -0.4 is 4.72 Å². The van der Waals surface area contributed by atoms with Crippen LogP contribution in [-0.2, 0) is 26.3 Å². The van der Waals surface area contributed by atoms with Crippen LogP contribution in [0.25, 0.3) is 0 Å². The van der Waals surface area contributed by atoms with Gasteiger partial charge in [0.05, 0.1) is 19.6 Å².